The second kappa shape index (κ2) is 12.9. The average molecular weight is 540 g/mol. The van der Waals surface area contributed by atoms with Gasteiger partial charge in [-0.2, -0.15) is 0 Å². The van der Waals surface area contributed by atoms with Gasteiger partial charge in [-0.3, -0.25) is 4.79 Å². The Morgan fingerprint density at radius 2 is 1.88 bits per heavy atom. The molecular formula is C27H39BrO6. The van der Waals surface area contributed by atoms with Gasteiger partial charge in [0.25, 0.3) is 0 Å². The molecule has 1 aliphatic carbocycles. The van der Waals surface area contributed by atoms with Gasteiger partial charge < -0.3 is 23.7 Å². The lowest BCUT2D eigenvalue weighted by Gasteiger charge is -2.32. The molecule has 7 heteroatoms. The summed E-state index contributed by atoms with van der Waals surface area (Å²) in [5.74, 6) is 6.72. The van der Waals surface area contributed by atoms with Gasteiger partial charge in [0.1, 0.15) is 6.10 Å². The predicted octanol–water partition coefficient (Wildman–Crippen LogP) is 5.48. The van der Waals surface area contributed by atoms with Gasteiger partial charge in [-0.1, -0.05) is 35.9 Å². The fourth-order valence-electron chi connectivity index (χ4n) is 5.48. The van der Waals surface area contributed by atoms with Crippen molar-refractivity contribution < 1.29 is 28.5 Å². The first-order valence-corrected chi connectivity index (χ1v) is 13.9. The third kappa shape index (κ3) is 6.85. The molecule has 0 aromatic heterocycles. The average Bonchev–Trinajstić information content (AvgIpc) is 3.35. The van der Waals surface area contributed by atoms with Crippen LogP contribution in [-0.4, -0.2) is 50.1 Å². The minimum Gasteiger partial charge on any atom is -0.462 e. The zero-order chi connectivity index (χ0) is 23.9. The lowest BCUT2D eigenvalue weighted by atomic mass is 9.90. The molecule has 2 unspecified atom stereocenters. The van der Waals surface area contributed by atoms with Crippen molar-refractivity contribution in [2.45, 2.75) is 109 Å². The SMILES string of the molecule is CCC#CC[C@@H](C)[C@H](OC1CCCCO1)C(Br)=C[C@H]1[C@H]2CC(=O)O[C@H]2C[C@H]1OC1CCCCO1. The molecule has 34 heavy (non-hydrogen) atoms. The minimum atomic E-state index is -0.198. The Balaban J connectivity index is 1.52. The van der Waals surface area contributed by atoms with E-state index < -0.39 is 0 Å². The van der Waals surface area contributed by atoms with E-state index in [4.69, 9.17) is 23.7 Å². The highest BCUT2D eigenvalue weighted by molar-refractivity contribution is 9.11. The molecule has 3 saturated heterocycles. The number of esters is 1. The van der Waals surface area contributed by atoms with Crippen LogP contribution in [0.4, 0.5) is 0 Å². The molecule has 4 aliphatic rings. The molecule has 0 radical (unpaired) electrons. The van der Waals surface area contributed by atoms with E-state index in [9.17, 15) is 4.79 Å². The topological polar surface area (TPSA) is 63.2 Å². The second-order valence-corrected chi connectivity index (χ2v) is 10.9. The van der Waals surface area contributed by atoms with Crippen molar-refractivity contribution >= 4 is 21.9 Å². The summed E-state index contributed by atoms with van der Waals surface area (Å²) < 4.78 is 31.3. The Kier molecular flexibility index (Phi) is 9.90. The molecule has 6 nitrogen and oxygen atoms in total. The summed E-state index contributed by atoms with van der Waals surface area (Å²) in [7, 11) is 0. The van der Waals surface area contributed by atoms with Gasteiger partial charge in [0, 0.05) is 48.8 Å². The Bertz CT molecular complexity index is 761. The molecule has 0 amide bonds. The van der Waals surface area contributed by atoms with Crippen molar-refractivity contribution in [1.29, 1.82) is 0 Å². The van der Waals surface area contributed by atoms with Gasteiger partial charge >= 0.3 is 5.97 Å². The fraction of sp³-hybridized carbons (Fsp3) is 0.815. The summed E-state index contributed by atoms with van der Waals surface area (Å²) in [5.41, 5.74) is 0. The van der Waals surface area contributed by atoms with Crippen LogP contribution in [0.1, 0.15) is 78.1 Å². The molecule has 4 fully saturated rings. The van der Waals surface area contributed by atoms with Crippen LogP contribution in [0.15, 0.2) is 10.6 Å². The van der Waals surface area contributed by atoms with Gasteiger partial charge in [0.15, 0.2) is 12.6 Å². The van der Waals surface area contributed by atoms with E-state index in [1.54, 1.807) is 0 Å². The Labute approximate surface area is 212 Å². The Morgan fingerprint density at radius 3 is 2.56 bits per heavy atom. The molecular weight excluding hydrogens is 500 g/mol. The van der Waals surface area contributed by atoms with Crippen molar-refractivity contribution in [2.75, 3.05) is 13.2 Å². The van der Waals surface area contributed by atoms with Crippen LogP contribution < -0.4 is 0 Å². The molecule has 0 aromatic rings. The van der Waals surface area contributed by atoms with Crippen LogP contribution in [0.3, 0.4) is 0 Å². The number of halogens is 1. The number of hydrogen-bond donors (Lipinski definition) is 0. The van der Waals surface area contributed by atoms with Crippen LogP contribution >= 0.6 is 15.9 Å². The van der Waals surface area contributed by atoms with Gasteiger partial charge in [-0.15, -0.1) is 11.8 Å². The molecule has 3 heterocycles. The first-order chi connectivity index (χ1) is 16.5. The normalized spacial score (nSPS) is 35.7. The standard InChI is InChI=1S/C27H39BrO6/c1-3-4-5-10-18(2)27(34-26-12-7-9-14-31-26)21(28)15-19-20-16-24(29)32-22(20)17-23(19)33-25-11-6-8-13-30-25/h15,18-20,22-23,25-27H,3,6-14,16-17H2,1-2H3/t18-,19+,20-,22+,23-,25?,26?,27+/m1/s1. The largest absolute Gasteiger partial charge is 0.462 e. The summed E-state index contributed by atoms with van der Waals surface area (Å²) in [6, 6.07) is 0. The first-order valence-electron chi connectivity index (χ1n) is 13.1. The van der Waals surface area contributed by atoms with E-state index >= 15 is 0 Å². The van der Waals surface area contributed by atoms with Crippen molar-refractivity contribution in [3.63, 3.8) is 0 Å². The smallest absolute Gasteiger partial charge is 0.306 e. The summed E-state index contributed by atoms with van der Waals surface area (Å²) >= 11 is 3.88. The zero-order valence-corrected chi connectivity index (χ0v) is 22.1. The van der Waals surface area contributed by atoms with Crippen LogP contribution in [0.25, 0.3) is 0 Å². The minimum absolute atomic E-state index is 0.0412. The van der Waals surface area contributed by atoms with E-state index in [1.165, 1.54) is 0 Å². The Morgan fingerprint density at radius 1 is 1.15 bits per heavy atom. The van der Waals surface area contributed by atoms with Crippen molar-refractivity contribution in [3.05, 3.63) is 10.6 Å². The highest BCUT2D eigenvalue weighted by Crippen LogP contribution is 2.45. The van der Waals surface area contributed by atoms with E-state index in [-0.39, 0.29) is 54.6 Å². The monoisotopic (exact) mass is 538 g/mol. The summed E-state index contributed by atoms with van der Waals surface area (Å²) in [6.45, 7) is 5.73. The number of hydrogen-bond acceptors (Lipinski definition) is 6. The molecule has 8 atom stereocenters. The summed E-state index contributed by atoms with van der Waals surface area (Å²) in [4.78, 5) is 12.1. The van der Waals surface area contributed by atoms with E-state index in [0.717, 1.165) is 69.1 Å². The highest BCUT2D eigenvalue weighted by atomic mass is 79.9. The van der Waals surface area contributed by atoms with Crippen LogP contribution in [0.5, 0.6) is 0 Å². The molecule has 0 aromatic carbocycles. The number of rotatable bonds is 8. The summed E-state index contributed by atoms with van der Waals surface area (Å²) in [6.07, 6.45) is 10.5. The molecule has 3 aliphatic heterocycles. The fourth-order valence-corrected chi connectivity index (χ4v) is 6.35. The van der Waals surface area contributed by atoms with Crippen LogP contribution in [-0.2, 0) is 28.5 Å². The number of carbonyl (C=O) groups is 1. The van der Waals surface area contributed by atoms with E-state index in [1.807, 2.05) is 0 Å². The van der Waals surface area contributed by atoms with Gasteiger partial charge in [-0.25, -0.2) is 0 Å². The van der Waals surface area contributed by atoms with E-state index in [2.05, 4.69) is 47.7 Å². The maximum atomic E-state index is 12.1. The molecule has 0 N–H and O–H groups in total. The van der Waals surface area contributed by atoms with E-state index in [0.29, 0.717) is 12.8 Å². The maximum absolute atomic E-state index is 12.1. The lowest BCUT2D eigenvalue weighted by molar-refractivity contribution is -0.194. The molecule has 1 saturated carbocycles. The molecule has 0 bridgehead atoms. The second-order valence-electron chi connectivity index (χ2n) is 9.97. The predicted molar refractivity (Wildman–Crippen MR) is 132 cm³/mol. The van der Waals surface area contributed by atoms with Gasteiger partial charge in [-0.05, 0) is 44.4 Å². The Hall–Kier alpha value is -0.910. The summed E-state index contributed by atoms with van der Waals surface area (Å²) in [5, 5.41) is 0. The number of fused-ring (bicyclic) bond motifs is 1. The number of ether oxygens (including phenoxy) is 5. The molecule has 190 valence electrons. The highest BCUT2D eigenvalue weighted by Gasteiger charge is 2.50. The van der Waals surface area contributed by atoms with Crippen LogP contribution in [0, 0.1) is 29.6 Å². The third-order valence-corrected chi connectivity index (χ3v) is 8.03. The lowest BCUT2D eigenvalue weighted by Crippen LogP contribution is -2.33. The van der Waals surface area contributed by atoms with Crippen molar-refractivity contribution in [2.24, 2.45) is 17.8 Å². The van der Waals surface area contributed by atoms with Crippen molar-refractivity contribution in [3.8, 4) is 11.8 Å². The third-order valence-electron chi connectivity index (χ3n) is 7.32. The van der Waals surface area contributed by atoms with Gasteiger partial charge in [0.05, 0.1) is 18.6 Å². The number of carbonyl (C=O) groups excluding carboxylic acids is 1. The molecule has 0 spiro atoms. The molecule has 4 rings (SSSR count). The van der Waals surface area contributed by atoms with Crippen LogP contribution in [0.2, 0.25) is 0 Å². The maximum Gasteiger partial charge on any atom is 0.306 e. The quantitative estimate of drug-likeness (QED) is 0.301. The zero-order valence-electron chi connectivity index (χ0n) is 20.5. The van der Waals surface area contributed by atoms with Gasteiger partial charge in [0.2, 0.25) is 0 Å². The first kappa shape index (κ1) is 26.2. The van der Waals surface area contributed by atoms with Crippen molar-refractivity contribution in [1.82, 2.24) is 0 Å².